The lowest BCUT2D eigenvalue weighted by Gasteiger charge is -2.39. The number of nitro benzene ring substituents is 1. The number of hydrogen-bond acceptors (Lipinski definition) is 7. The number of hydrogen-bond donors (Lipinski definition) is 0. The van der Waals surface area contributed by atoms with Crippen LogP contribution in [0.2, 0.25) is 10.0 Å². The number of anilines is 1. The molecule has 2 aliphatic carbocycles. The Hall–Kier alpha value is -5.90. The van der Waals surface area contributed by atoms with Crippen LogP contribution >= 0.6 is 23.2 Å². The highest BCUT2D eigenvalue weighted by molar-refractivity contribution is 6.39. The zero-order valence-corrected chi connectivity index (χ0v) is 28.8. The van der Waals surface area contributed by atoms with Crippen LogP contribution in [0, 0.1) is 22.0 Å². The smallest absolute Gasteiger partial charge is 0.313 e. The van der Waals surface area contributed by atoms with E-state index in [2.05, 4.69) is 0 Å². The Bertz CT molecular complexity index is 2250. The molecule has 1 aliphatic heterocycles. The van der Waals surface area contributed by atoms with Crippen molar-refractivity contribution in [3.05, 3.63) is 170 Å². The minimum atomic E-state index is -1.72. The molecule has 9 nitrogen and oxygen atoms in total. The number of esters is 1. The summed E-state index contributed by atoms with van der Waals surface area (Å²) in [6.07, 6.45) is 0. The van der Waals surface area contributed by atoms with Gasteiger partial charge in [-0.15, -0.1) is 0 Å². The monoisotopic (exact) mass is 728 g/mol. The van der Waals surface area contributed by atoms with E-state index in [1.807, 2.05) is 60.7 Å². The zero-order chi connectivity index (χ0) is 36.5. The van der Waals surface area contributed by atoms with Gasteiger partial charge in [0, 0.05) is 23.0 Å². The third-order valence-electron chi connectivity index (χ3n) is 10.4. The third-order valence-corrected chi connectivity index (χ3v) is 10.9. The molecule has 11 heteroatoms. The molecule has 0 unspecified atom stereocenters. The Morgan fingerprint density at radius 1 is 0.692 bits per heavy atom. The number of fused-ring (bicyclic) bond motifs is 5. The minimum absolute atomic E-state index is 0.0983. The number of halogens is 2. The van der Waals surface area contributed by atoms with Gasteiger partial charge in [-0.05, 0) is 69.8 Å². The number of ether oxygens (including phenoxy) is 1. The SMILES string of the molecule is CC(=O)Oc1ccc(N2C(=O)[C@H]3[C@H](C2=O)[C@@]2(c4ccc(Cl)cc4)C(=O)[C@@]3(c3ccc(Cl)cc3)C(c3ccccc3)=C2c2ccccc2)cc1[N+](=O)[O-]. The molecule has 4 atom stereocenters. The molecule has 2 bridgehead atoms. The minimum Gasteiger partial charge on any atom is -0.419 e. The molecule has 0 radical (unpaired) electrons. The van der Waals surface area contributed by atoms with Crippen molar-refractivity contribution in [3.63, 3.8) is 0 Å². The second-order valence-electron chi connectivity index (χ2n) is 12.9. The quantitative estimate of drug-likeness (QED) is 0.0547. The lowest BCUT2D eigenvalue weighted by Crippen LogP contribution is -2.45. The number of benzene rings is 5. The molecule has 8 rings (SSSR count). The average Bonchev–Trinajstić information content (AvgIpc) is 3.65. The molecular formula is C41H26Cl2N2O7. The summed E-state index contributed by atoms with van der Waals surface area (Å²) in [5, 5.41) is 13.0. The molecule has 2 amide bonds. The molecule has 5 aromatic carbocycles. The first kappa shape index (κ1) is 33.3. The van der Waals surface area contributed by atoms with Crippen LogP contribution in [-0.2, 0) is 30.0 Å². The topological polar surface area (TPSA) is 124 Å². The third kappa shape index (κ3) is 4.49. The molecule has 1 heterocycles. The molecular weight excluding hydrogens is 703 g/mol. The Morgan fingerprint density at radius 3 is 1.54 bits per heavy atom. The van der Waals surface area contributed by atoms with Gasteiger partial charge in [-0.25, -0.2) is 4.90 Å². The van der Waals surface area contributed by atoms with Crippen LogP contribution in [0.4, 0.5) is 11.4 Å². The van der Waals surface area contributed by atoms with Crippen LogP contribution in [0.3, 0.4) is 0 Å². The molecule has 1 saturated carbocycles. The lowest BCUT2D eigenvalue weighted by atomic mass is 9.59. The summed E-state index contributed by atoms with van der Waals surface area (Å²) >= 11 is 12.8. The van der Waals surface area contributed by atoms with Crippen LogP contribution in [0.15, 0.2) is 127 Å². The lowest BCUT2D eigenvalue weighted by molar-refractivity contribution is -0.385. The maximum Gasteiger partial charge on any atom is 0.313 e. The number of amides is 2. The molecule has 0 N–H and O–H groups in total. The van der Waals surface area contributed by atoms with Gasteiger partial charge < -0.3 is 4.74 Å². The summed E-state index contributed by atoms with van der Waals surface area (Å²) in [4.78, 5) is 70.5. The molecule has 52 heavy (non-hydrogen) atoms. The highest BCUT2D eigenvalue weighted by atomic mass is 35.5. The van der Waals surface area contributed by atoms with Crippen molar-refractivity contribution in [3.8, 4) is 5.75 Å². The van der Waals surface area contributed by atoms with E-state index in [0.29, 0.717) is 43.4 Å². The molecule has 2 fully saturated rings. The van der Waals surface area contributed by atoms with Crippen molar-refractivity contribution >= 4 is 69.3 Å². The molecule has 256 valence electrons. The number of carbonyl (C=O) groups is 4. The van der Waals surface area contributed by atoms with Crippen LogP contribution in [-0.4, -0.2) is 28.5 Å². The van der Waals surface area contributed by atoms with E-state index in [4.69, 9.17) is 27.9 Å². The summed E-state index contributed by atoms with van der Waals surface area (Å²) in [6.45, 7) is 1.10. The van der Waals surface area contributed by atoms with Crippen LogP contribution in [0.5, 0.6) is 5.75 Å². The van der Waals surface area contributed by atoms with Gasteiger partial charge in [0.25, 0.3) is 0 Å². The Kier molecular flexibility index (Phi) is 7.75. The highest BCUT2D eigenvalue weighted by Gasteiger charge is 2.82. The van der Waals surface area contributed by atoms with E-state index in [0.717, 1.165) is 17.9 Å². The van der Waals surface area contributed by atoms with Crippen molar-refractivity contribution in [2.45, 2.75) is 17.8 Å². The Morgan fingerprint density at radius 2 is 1.13 bits per heavy atom. The van der Waals surface area contributed by atoms with Crippen molar-refractivity contribution in [1.82, 2.24) is 0 Å². The normalized spacial score (nSPS) is 23.3. The number of imide groups is 1. The summed E-state index contributed by atoms with van der Waals surface area (Å²) in [7, 11) is 0. The number of nitro groups is 1. The fourth-order valence-electron chi connectivity index (χ4n) is 8.64. The summed E-state index contributed by atoms with van der Waals surface area (Å²) < 4.78 is 5.06. The van der Waals surface area contributed by atoms with E-state index < -0.39 is 51.1 Å². The van der Waals surface area contributed by atoms with E-state index in [-0.39, 0.29) is 17.2 Å². The fraction of sp³-hybridized carbons (Fsp3) is 0.122. The van der Waals surface area contributed by atoms with Gasteiger partial charge in [0.2, 0.25) is 17.6 Å². The van der Waals surface area contributed by atoms with Crippen molar-refractivity contribution < 1.29 is 28.8 Å². The molecule has 3 aliphatic rings. The van der Waals surface area contributed by atoms with Crippen LogP contribution < -0.4 is 9.64 Å². The molecule has 0 aromatic heterocycles. The summed E-state index contributed by atoms with van der Waals surface area (Å²) in [6, 6.07) is 35.6. The first-order valence-corrected chi connectivity index (χ1v) is 17.1. The summed E-state index contributed by atoms with van der Waals surface area (Å²) in [5.41, 5.74) is -0.703. The maximum absolute atomic E-state index is 16.0. The largest absolute Gasteiger partial charge is 0.419 e. The van der Waals surface area contributed by atoms with E-state index in [1.54, 1.807) is 48.5 Å². The van der Waals surface area contributed by atoms with Gasteiger partial charge in [-0.2, -0.15) is 0 Å². The van der Waals surface area contributed by atoms with Gasteiger partial charge in [0.15, 0.2) is 5.78 Å². The van der Waals surface area contributed by atoms with Gasteiger partial charge in [-0.3, -0.25) is 29.3 Å². The molecule has 1 saturated heterocycles. The van der Waals surface area contributed by atoms with Crippen LogP contribution in [0.25, 0.3) is 11.1 Å². The first-order valence-electron chi connectivity index (χ1n) is 16.3. The number of nitrogens with zero attached hydrogens (tertiary/aromatic N) is 2. The van der Waals surface area contributed by atoms with Crippen LogP contribution in [0.1, 0.15) is 29.2 Å². The zero-order valence-electron chi connectivity index (χ0n) is 27.3. The Balaban J connectivity index is 1.49. The predicted octanol–water partition coefficient (Wildman–Crippen LogP) is 8.02. The number of rotatable bonds is 7. The number of Topliss-reactive ketones (excluding diaryl/α,β-unsaturated/α-hetero) is 1. The van der Waals surface area contributed by atoms with Crippen molar-refractivity contribution in [2.75, 3.05) is 4.90 Å². The second-order valence-corrected chi connectivity index (χ2v) is 13.8. The predicted molar refractivity (Wildman–Crippen MR) is 195 cm³/mol. The van der Waals surface area contributed by atoms with E-state index in [1.165, 1.54) is 12.1 Å². The van der Waals surface area contributed by atoms with Gasteiger partial charge in [0.1, 0.15) is 0 Å². The first-order chi connectivity index (χ1) is 25.0. The average molecular weight is 730 g/mol. The number of allylic oxidation sites excluding steroid dienone is 2. The Labute approximate surface area is 307 Å². The highest BCUT2D eigenvalue weighted by Crippen LogP contribution is 2.74. The fourth-order valence-corrected chi connectivity index (χ4v) is 8.89. The van der Waals surface area contributed by atoms with Crippen molar-refractivity contribution in [2.24, 2.45) is 11.8 Å². The van der Waals surface area contributed by atoms with Gasteiger partial charge in [0.05, 0.1) is 33.3 Å². The van der Waals surface area contributed by atoms with Gasteiger partial charge >= 0.3 is 11.7 Å². The van der Waals surface area contributed by atoms with E-state index >= 15 is 14.4 Å². The molecule has 0 spiro atoms. The number of ketones is 1. The second kappa shape index (κ2) is 12.1. The van der Waals surface area contributed by atoms with Gasteiger partial charge in [-0.1, -0.05) is 108 Å². The maximum atomic E-state index is 16.0. The van der Waals surface area contributed by atoms with Crippen molar-refractivity contribution in [1.29, 1.82) is 0 Å². The summed E-state index contributed by atoms with van der Waals surface area (Å²) in [5.74, 6) is -5.44. The molecule has 5 aromatic rings. The standard InChI is InChI=1S/C41H26Cl2N2O7/c1-23(46)52-32-21-20-30(22-31(32)45(50)51)44-37(47)35-36(38(44)48)41(27-14-18-29(43)19-15-27)34(25-10-6-3-7-11-25)33(24-8-4-2-5-9-24)40(35,39(41)49)26-12-16-28(42)17-13-26/h2-22,35-36H,1H3/t35-,36-,40+,41+/m1/s1. The van der Waals surface area contributed by atoms with E-state index in [9.17, 15) is 14.9 Å². The number of carbonyl (C=O) groups excluding carboxylic acids is 4.